The van der Waals surface area contributed by atoms with Crippen molar-refractivity contribution in [2.24, 2.45) is 11.7 Å². The van der Waals surface area contributed by atoms with Gasteiger partial charge in [0.05, 0.1) is 18.6 Å². The molecule has 0 aliphatic heterocycles. The molecule has 0 saturated heterocycles. The molecule has 31 heavy (non-hydrogen) atoms. The average Bonchev–Trinajstić information content (AvgIpc) is 3.32. The van der Waals surface area contributed by atoms with Gasteiger partial charge in [-0.05, 0) is 37.1 Å². The first-order valence-corrected chi connectivity index (χ1v) is 9.65. The molecular formula is C22H24N6O3. The number of esters is 1. The second kappa shape index (κ2) is 9.66. The third-order valence-corrected chi connectivity index (χ3v) is 4.94. The lowest BCUT2D eigenvalue weighted by Crippen LogP contribution is -2.42. The minimum Gasteiger partial charge on any atom is -0.469 e. The lowest BCUT2D eigenvalue weighted by Gasteiger charge is -2.23. The molecule has 0 radical (unpaired) electrons. The molecule has 4 N–H and O–H groups in total. The maximum atomic E-state index is 12.7. The smallest absolute Gasteiger partial charge is 0.311 e. The van der Waals surface area contributed by atoms with E-state index in [1.165, 1.54) is 13.3 Å². The number of amidine groups is 1. The van der Waals surface area contributed by atoms with E-state index in [1.807, 2.05) is 6.07 Å². The van der Waals surface area contributed by atoms with Crippen molar-refractivity contribution in [2.75, 3.05) is 7.11 Å². The number of ether oxygens (including phenoxy) is 1. The molecule has 2 aromatic heterocycles. The molecule has 3 rings (SSSR count). The Labute approximate surface area is 179 Å². The number of methoxy groups -OCH3 is 1. The summed E-state index contributed by atoms with van der Waals surface area (Å²) in [4.78, 5) is 33.4. The normalized spacial score (nSPS) is 12.6. The number of carbonyl (C=O) groups is 2. The van der Waals surface area contributed by atoms with Crippen LogP contribution in [-0.2, 0) is 16.0 Å². The first-order valence-electron chi connectivity index (χ1n) is 9.65. The molecule has 2 unspecified atom stereocenters. The van der Waals surface area contributed by atoms with E-state index >= 15 is 0 Å². The van der Waals surface area contributed by atoms with Crippen molar-refractivity contribution in [3.8, 4) is 5.82 Å². The largest absolute Gasteiger partial charge is 0.469 e. The second-order valence-electron chi connectivity index (χ2n) is 7.08. The van der Waals surface area contributed by atoms with E-state index in [-0.39, 0.29) is 11.7 Å². The van der Waals surface area contributed by atoms with Crippen molar-refractivity contribution < 1.29 is 14.3 Å². The maximum Gasteiger partial charge on any atom is 0.311 e. The third kappa shape index (κ3) is 5.33. The summed E-state index contributed by atoms with van der Waals surface area (Å²) >= 11 is 0. The number of carbonyl (C=O) groups excluding carboxylic acids is 2. The van der Waals surface area contributed by atoms with Crippen molar-refractivity contribution >= 4 is 17.7 Å². The second-order valence-corrected chi connectivity index (χ2v) is 7.08. The molecule has 1 amide bonds. The van der Waals surface area contributed by atoms with Crippen molar-refractivity contribution in [3.05, 3.63) is 78.0 Å². The van der Waals surface area contributed by atoms with Crippen LogP contribution in [-0.4, -0.2) is 45.4 Å². The highest BCUT2D eigenvalue weighted by atomic mass is 16.5. The van der Waals surface area contributed by atoms with Crippen LogP contribution in [0.25, 0.3) is 5.82 Å². The van der Waals surface area contributed by atoms with Crippen molar-refractivity contribution in [3.63, 3.8) is 0 Å². The topological polar surface area (TPSA) is 136 Å². The zero-order chi connectivity index (χ0) is 22.4. The van der Waals surface area contributed by atoms with Gasteiger partial charge >= 0.3 is 5.97 Å². The van der Waals surface area contributed by atoms with Gasteiger partial charge in [-0.25, -0.2) is 9.97 Å². The summed E-state index contributed by atoms with van der Waals surface area (Å²) in [6, 6.07) is 9.97. The number of hydrogen-bond acceptors (Lipinski definition) is 6. The Morgan fingerprint density at radius 3 is 2.68 bits per heavy atom. The lowest BCUT2D eigenvalue weighted by molar-refractivity contribution is -0.146. The number of nitrogens with zero attached hydrogens (tertiary/aromatic N) is 3. The number of amides is 1. The fourth-order valence-corrected chi connectivity index (χ4v) is 3.19. The molecule has 0 fully saturated rings. The van der Waals surface area contributed by atoms with E-state index in [0.29, 0.717) is 23.4 Å². The van der Waals surface area contributed by atoms with Crippen molar-refractivity contribution in [1.29, 1.82) is 5.41 Å². The van der Waals surface area contributed by atoms with Crippen LogP contribution in [0.3, 0.4) is 0 Å². The summed E-state index contributed by atoms with van der Waals surface area (Å²) in [5.74, 6) is -0.808. The van der Waals surface area contributed by atoms with Crippen LogP contribution < -0.4 is 11.1 Å². The Morgan fingerprint density at radius 1 is 1.26 bits per heavy atom. The van der Waals surface area contributed by atoms with Gasteiger partial charge in [0.2, 0.25) is 0 Å². The molecule has 0 saturated carbocycles. The summed E-state index contributed by atoms with van der Waals surface area (Å²) in [5, 5.41) is 10.4. The Hall–Kier alpha value is -4.01. The Balaban J connectivity index is 1.72. The molecular weight excluding hydrogens is 396 g/mol. The van der Waals surface area contributed by atoms with Gasteiger partial charge in [-0.15, -0.1) is 0 Å². The summed E-state index contributed by atoms with van der Waals surface area (Å²) in [5.41, 5.74) is 7.31. The van der Waals surface area contributed by atoms with E-state index in [1.54, 1.807) is 60.5 Å². The van der Waals surface area contributed by atoms with Crippen LogP contribution in [0, 0.1) is 11.3 Å². The van der Waals surface area contributed by atoms with E-state index < -0.39 is 17.9 Å². The number of benzene rings is 1. The van der Waals surface area contributed by atoms with E-state index in [0.717, 1.165) is 5.56 Å². The zero-order valence-electron chi connectivity index (χ0n) is 17.3. The van der Waals surface area contributed by atoms with Gasteiger partial charge in [0.1, 0.15) is 18.0 Å². The van der Waals surface area contributed by atoms with Crippen LogP contribution >= 0.6 is 0 Å². The molecule has 0 aliphatic rings. The van der Waals surface area contributed by atoms with E-state index in [9.17, 15) is 9.59 Å². The predicted molar refractivity (Wildman–Crippen MR) is 115 cm³/mol. The number of aromatic nitrogens is 3. The first-order chi connectivity index (χ1) is 14.9. The highest BCUT2D eigenvalue weighted by molar-refractivity contribution is 5.95. The Kier molecular flexibility index (Phi) is 6.76. The molecule has 0 bridgehead atoms. The molecule has 2 atom stereocenters. The van der Waals surface area contributed by atoms with Crippen LogP contribution in [0.5, 0.6) is 0 Å². The fourth-order valence-electron chi connectivity index (χ4n) is 3.19. The lowest BCUT2D eigenvalue weighted by atomic mass is 9.92. The number of pyridine rings is 1. The van der Waals surface area contributed by atoms with Crippen LogP contribution in [0.1, 0.15) is 28.4 Å². The summed E-state index contributed by atoms with van der Waals surface area (Å²) < 4.78 is 6.68. The summed E-state index contributed by atoms with van der Waals surface area (Å²) in [6.45, 7) is 1.75. The molecule has 0 spiro atoms. The highest BCUT2D eigenvalue weighted by Gasteiger charge is 2.28. The molecule has 2 heterocycles. The molecule has 1 aromatic carbocycles. The minimum absolute atomic E-state index is 0.0514. The molecule has 3 aromatic rings. The van der Waals surface area contributed by atoms with E-state index in [2.05, 4.69) is 15.3 Å². The van der Waals surface area contributed by atoms with Crippen molar-refractivity contribution in [2.45, 2.75) is 19.4 Å². The number of rotatable bonds is 8. The number of imidazole rings is 1. The monoisotopic (exact) mass is 420 g/mol. The number of nitrogens with two attached hydrogens (primary N) is 1. The fraction of sp³-hybridized carbons (Fsp3) is 0.227. The minimum atomic E-state index is -0.616. The number of nitrogens with one attached hydrogen (secondary N) is 2. The summed E-state index contributed by atoms with van der Waals surface area (Å²) in [7, 11) is 1.31. The Morgan fingerprint density at radius 2 is 2.06 bits per heavy atom. The predicted octanol–water partition coefficient (Wildman–Crippen LogP) is 1.70. The average molecular weight is 420 g/mol. The molecule has 9 nitrogen and oxygen atoms in total. The van der Waals surface area contributed by atoms with Crippen LogP contribution in [0.2, 0.25) is 0 Å². The van der Waals surface area contributed by atoms with Gasteiger partial charge in [-0.1, -0.05) is 18.2 Å². The molecule has 0 aliphatic carbocycles. The van der Waals surface area contributed by atoms with Gasteiger partial charge in [0, 0.05) is 30.2 Å². The van der Waals surface area contributed by atoms with Crippen LogP contribution in [0.15, 0.2) is 61.3 Å². The SMILES string of the molecule is COC(=O)C(Cc1cccc(C(=N)N)c1)C(C)NC(=O)c1ccc(-n2ccnc2)nc1. The standard InChI is InChI=1S/C22H24N6O3/c1-14(18(22(30)31-2)11-15-4-3-5-16(10-15)20(23)24)27-21(29)17-6-7-19(26-12-17)28-9-8-25-13-28/h3-10,12-14,18H,11H2,1-2H3,(H3,23,24)(H,27,29). The quantitative estimate of drug-likeness (QED) is 0.288. The maximum absolute atomic E-state index is 12.7. The zero-order valence-corrected chi connectivity index (χ0v) is 17.3. The number of nitrogen functional groups attached to an aromatic ring is 1. The van der Waals surface area contributed by atoms with Crippen LogP contribution in [0.4, 0.5) is 0 Å². The van der Waals surface area contributed by atoms with Gasteiger partial charge in [0.15, 0.2) is 0 Å². The first kappa shape index (κ1) is 21.7. The highest BCUT2D eigenvalue weighted by Crippen LogP contribution is 2.17. The van der Waals surface area contributed by atoms with Crippen molar-refractivity contribution in [1.82, 2.24) is 19.9 Å². The summed E-state index contributed by atoms with van der Waals surface area (Å²) in [6.07, 6.45) is 6.81. The molecule has 160 valence electrons. The molecule has 9 heteroatoms. The van der Waals surface area contributed by atoms with Gasteiger partial charge in [0.25, 0.3) is 5.91 Å². The van der Waals surface area contributed by atoms with Gasteiger partial charge < -0.3 is 15.8 Å². The van der Waals surface area contributed by atoms with Gasteiger partial charge in [-0.2, -0.15) is 0 Å². The number of hydrogen-bond donors (Lipinski definition) is 3. The van der Waals surface area contributed by atoms with Gasteiger partial charge in [-0.3, -0.25) is 19.6 Å². The van der Waals surface area contributed by atoms with E-state index in [4.69, 9.17) is 15.9 Å². The Bertz CT molecular complexity index is 1060. The third-order valence-electron chi connectivity index (χ3n) is 4.94.